The highest BCUT2D eigenvalue weighted by atomic mass is 35.5. The van der Waals surface area contributed by atoms with Crippen LogP contribution in [0.15, 0.2) is 42.5 Å². The molecule has 6 nitrogen and oxygen atoms in total. The summed E-state index contributed by atoms with van der Waals surface area (Å²) in [4.78, 5) is 15.1. The molecule has 7 heteroatoms. The molecule has 1 aliphatic heterocycles. The van der Waals surface area contributed by atoms with Gasteiger partial charge in [-0.1, -0.05) is 17.7 Å². The van der Waals surface area contributed by atoms with Gasteiger partial charge in [0.2, 0.25) is 0 Å². The van der Waals surface area contributed by atoms with Gasteiger partial charge in [0.25, 0.3) is 5.91 Å². The van der Waals surface area contributed by atoms with Crippen molar-refractivity contribution in [3.63, 3.8) is 0 Å². The molecule has 1 aliphatic rings. The maximum Gasteiger partial charge on any atom is 0.279 e. The van der Waals surface area contributed by atoms with Crippen LogP contribution >= 0.6 is 11.6 Å². The van der Waals surface area contributed by atoms with Gasteiger partial charge < -0.3 is 24.6 Å². The van der Waals surface area contributed by atoms with E-state index in [-0.39, 0.29) is 5.91 Å². The van der Waals surface area contributed by atoms with Crippen LogP contribution < -0.4 is 24.6 Å². The molecule has 1 amide bonds. The summed E-state index contributed by atoms with van der Waals surface area (Å²) in [6.45, 7) is 5.46. The van der Waals surface area contributed by atoms with Gasteiger partial charge >= 0.3 is 0 Å². The number of amides is 1. The molecule has 0 unspecified atom stereocenters. The fourth-order valence-electron chi connectivity index (χ4n) is 3.59. The normalized spacial score (nSPS) is 19.1. The second-order valence-electron chi connectivity index (χ2n) is 7.10. The number of hydrogen-bond donors (Lipinski definition) is 3. The summed E-state index contributed by atoms with van der Waals surface area (Å²) < 4.78 is 10.7. The molecular weight excluding hydrogens is 378 g/mol. The number of nitrogens with one attached hydrogen (secondary N) is 3. The molecule has 0 aromatic heterocycles. The van der Waals surface area contributed by atoms with Crippen LogP contribution in [0.2, 0.25) is 5.02 Å². The first-order valence-corrected chi connectivity index (χ1v) is 9.88. The molecule has 0 radical (unpaired) electrons. The molecule has 2 aromatic rings. The molecule has 2 aromatic carbocycles. The number of anilines is 1. The quantitative estimate of drug-likeness (QED) is 0.620. The maximum absolute atomic E-state index is 12.3. The van der Waals surface area contributed by atoms with E-state index in [9.17, 15) is 4.79 Å². The van der Waals surface area contributed by atoms with E-state index in [1.807, 2.05) is 24.3 Å². The van der Waals surface area contributed by atoms with Crippen molar-refractivity contribution < 1.29 is 24.1 Å². The zero-order valence-electron chi connectivity index (χ0n) is 16.4. The van der Waals surface area contributed by atoms with Gasteiger partial charge in [0.15, 0.2) is 18.0 Å². The lowest BCUT2D eigenvalue weighted by molar-refractivity contribution is -1.02. The van der Waals surface area contributed by atoms with Gasteiger partial charge in [-0.3, -0.25) is 4.79 Å². The molecule has 3 rings (SSSR count). The van der Waals surface area contributed by atoms with Crippen molar-refractivity contribution in [2.45, 2.75) is 6.54 Å². The number of methoxy groups -OCH3 is 2. The third-order valence-electron chi connectivity index (χ3n) is 5.09. The molecule has 0 saturated carbocycles. The highest BCUT2D eigenvalue weighted by Gasteiger charge is 2.25. The summed E-state index contributed by atoms with van der Waals surface area (Å²) in [6.07, 6.45) is 0. The van der Waals surface area contributed by atoms with E-state index >= 15 is 0 Å². The Bertz CT molecular complexity index is 807. The lowest BCUT2D eigenvalue weighted by Gasteiger charge is -2.29. The van der Waals surface area contributed by atoms with Gasteiger partial charge in [-0.25, -0.2) is 0 Å². The molecule has 28 heavy (non-hydrogen) atoms. The number of carbonyl (C=O) groups is 1. The number of hydrogen-bond acceptors (Lipinski definition) is 3. The highest BCUT2D eigenvalue weighted by molar-refractivity contribution is 6.30. The van der Waals surface area contributed by atoms with Gasteiger partial charge in [0.05, 0.1) is 14.2 Å². The van der Waals surface area contributed by atoms with Gasteiger partial charge in [-0.15, -0.1) is 0 Å². The van der Waals surface area contributed by atoms with Gasteiger partial charge in [0.1, 0.15) is 32.7 Å². The average molecular weight is 406 g/mol. The summed E-state index contributed by atoms with van der Waals surface area (Å²) in [5.41, 5.74) is 1.98. The third kappa shape index (κ3) is 5.61. The molecule has 1 heterocycles. The number of ether oxygens (including phenoxy) is 2. The van der Waals surface area contributed by atoms with Crippen LogP contribution in [0.1, 0.15) is 5.56 Å². The maximum atomic E-state index is 12.3. The first kappa shape index (κ1) is 20.5. The minimum atomic E-state index is 0.0283. The second kappa shape index (κ2) is 9.78. The topological polar surface area (TPSA) is 56.4 Å². The van der Waals surface area contributed by atoms with Crippen LogP contribution in [0.4, 0.5) is 5.69 Å². The third-order valence-corrected chi connectivity index (χ3v) is 5.32. The van der Waals surface area contributed by atoms with Crippen LogP contribution in [0.5, 0.6) is 11.5 Å². The number of rotatable bonds is 7. The first-order chi connectivity index (χ1) is 13.6. The van der Waals surface area contributed by atoms with E-state index in [1.54, 1.807) is 26.4 Å². The largest absolute Gasteiger partial charge is 0.493 e. The lowest BCUT2D eigenvalue weighted by Crippen LogP contribution is -3.28. The van der Waals surface area contributed by atoms with Gasteiger partial charge in [0, 0.05) is 16.3 Å². The predicted molar refractivity (Wildman–Crippen MR) is 110 cm³/mol. The van der Waals surface area contributed by atoms with Crippen LogP contribution in [-0.2, 0) is 11.3 Å². The minimum Gasteiger partial charge on any atom is -0.493 e. The van der Waals surface area contributed by atoms with Crippen molar-refractivity contribution in [1.82, 2.24) is 0 Å². The lowest BCUT2D eigenvalue weighted by atomic mass is 10.1. The van der Waals surface area contributed by atoms with E-state index in [0.717, 1.165) is 49.9 Å². The van der Waals surface area contributed by atoms with Crippen LogP contribution in [0.3, 0.4) is 0 Å². The van der Waals surface area contributed by atoms with Crippen molar-refractivity contribution >= 4 is 23.2 Å². The fraction of sp³-hybridized carbons (Fsp3) is 0.381. The fourth-order valence-corrected chi connectivity index (χ4v) is 3.78. The van der Waals surface area contributed by atoms with Crippen LogP contribution in [-0.4, -0.2) is 52.9 Å². The molecular formula is C21H28ClN3O3+2. The Hall–Kier alpha value is -2.28. The molecule has 0 atom stereocenters. The number of piperazine rings is 1. The molecule has 0 bridgehead atoms. The second-order valence-corrected chi connectivity index (χ2v) is 7.54. The molecule has 1 saturated heterocycles. The molecule has 3 N–H and O–H groups in total. The van der Waals surface area contributed by atoms with E-state index in [1.165, 1.54) is 15.4 Å². The summed E-state index contributed by atoms with van der Waals surface area (Å²) >= 11 is 5.96. The Kier molecular flexibility index (Phi) is 7.14. The number of halogens is 1. The minimum absolute atomic E-state index is 0.0283. The molecule has 1 fully saturated rings. The van der Waals surface area contributed by atoms with Gasteiger partial charge in [-0.2, -0.15) is 0 Å². The van der Waals surface area contributed by atoms with Crippen molar-refractivity contribution in [3.05, 3.63) is 53.1 Å². The Morgan fingerprint density at radius 1 is 1.00 bits per heavy atom. The van der Waals surface area contributed by atoms with Crippen molar-refractivity contribution in [2.24, 2.45) is 0 Å². The number of benzene rings is 2. The van der Waals surface area contributed by atoms with E-state index in [4.69, 9.17) is 21.1 Å². The number of carbonyl (C=O) groups excluding carboxylic acids is 1. The SMILES string of the molecule is COc1ccc(C[NH+]2CC[NH+](CC(=O)Nc3cccc(Cl)c3)CC2)cc1OC. The predicted octanol–water partition coefficient (Wildman–Crippen LogP) is 0.279. The smallest absolute Gasteiger partial charge is 0.279 e. The van der Waals surface area contributed by atoms with E-state index in [2.05, 4.69) is 11.4 Å². The molecule has 0 spiro atoms. The molecule has 0 aliphatic carbocycles. The zero-order valence-corrected chi connectivity index (χ0v) is 17.1. The van der Waals surface area contributed by atoms with Crippen molar-refractivity contribution in [3.8, 4) is 11.5 Å². The molecule has 150 valence electrons. The summed E-state index contributed by atoms with van der Waals surface area (Å²) in [6, 6.07) is 13.3. The van der Waals surface area contributed by atoms with Crippen molar-refractivity contribution in [1.29, 1.82) is 0 Å². The zero-order chi connectivity index (χ0) is 19.9. The van der Waals surface area contributed by atoms with E-state index < -0.39 is 0 Å². The van der Waals surface area contributed by atoms with Gasteiger partial charge in [-0.05, 0) is 36.4 Å². The standard InChI is InChI=1S/C21H26ClN3O3/c1-27-19-7-6-16(12-20(19)28-2)14-24-8-10-25(11-9-24)15-21(26)23-18-5-3-4-17(22)13-18/h3-7,12-13H,8-11,14-15H2,1-2H3,(H,23,26)/p+2. The Morgan fingerprint density at radius 3 is 2.39 bits per heavy atom. The average Bonchev–Trinajstić information content (AvgIpc) is 2.69. The summed E-state index contributed by atoms with van der Waals surface area (Å²) in [7, 11) is 3.30. The van der Waals surface area contributed by atoms with E-state index in [0.29, 0.717) is 11.6 Å². The summed E-state index contributed by atoms with van der Waals surface area (Å²) in [5, 5.41) is 3.55. The Morgan fingerprint density at radius 2 is 1.71 bits per heavy atom. The highest BCUT2D eigenvalue weighted by Crippen LogP contribution is 2.27. The van der Waals surface area contributed by atoms with Crippen molar-refractivity contribution in [2.75, 3.05) is 52.3 Å². The first-order valence-electron chi connectivity index (χ1n) is 9.51. The number of quaternary nitrogens is 2. The van der Waals surface area contributed by atoms with Crippen LogP contribution in [0.25, 0.3) is 0 Å². The summed E-state index contributed by atoms with van der Waals surface area (Å²) in [5.74, 6) is 1.54. The Labute approximate surface area is 171 Å². The Balaban J connectivity index is 1.46. The monoisotopic (exact) mass is 405 g/mol. The van der Waals surface area contributed by atoms with Crippen LogP contribution in [0, 0.1) is 0 Å².